The zero-order valence-corrected chi connectivity index (χ0v) is 22.8. The Bertz CT molecular complexity index is 1370. The van der Waals surface area contributed by atoms with Gasteiger partial charge in [0.25, 0.3) is 0 Å². The lowest BCUT2D eigenvalue weighted by Gasteiger charge is -2.41. The standard InChI is InChI=1S/C31H37N3O4/c1-5-17-32-20-28(35)34-19-27-24(10-8-12-26(34)29(32)36)23-9-6-7-11-25(23)33(27)18-21-13-15-22(16-14-21)30(37)38-31(2,3)4/h6-7,9,11,13-16,26H,5,8,10,12,17-20H2,1-4H3. The molecule has 0 radical (unpaired) electrons. The van der Waals surface area contributed by atoms with Crippen molar-refractivity contribution in [2.45, 2.75) is 78.1 Å². The van der Waals surface area contributed by atoms with E-state index in [1.54, 1.807) is 4.90 Å². The number of piperazine rings is 1. The highest BCUT2D eigenvalue weighted by molar-refractivity contribution is 5.95. The van der Waals surface area contributed by atoms with Gasteiger partial charge in [-0.1, -0.05) is 37.3 Å². The van der Waals surface area contributed by atoms with Gasteiger partial charge in [-0.25, -0.2) is 4.79 Å². The summed E-state index contributed by atoms with van der Waals surface area (Å²) in [6.07, 6.45) is 3.26. The van der Waals surface area contributed by atoms with E-state index in [2.05, 4.69) is 22.8 Å². The monoisotopic (exact) mass is 515 g/mol. The Hall–Kier alpha value is -3.61. The lowest BCUT2D eigenvalue weighted by atomic mass is 9.95. The predicted molar refractivity (Wildman–Crippen MR) is 147 cm³/mol. The molecule has 38 heavy (non-hydrogen) atoms. The summed E-state index contributed by atoms with van der Waals surface area (Å²) < 4.78 is 7.79. The number of carbonyl (C=O) groups is 3. The van der Waals surface area contributed by atoms with Crippen LogP contribution in [0.4, 0.5) is 0 Å². The van der Waals surface area contributed by atoms with E-state index >= 15 is 0 Å². The van der Waals surface area contributed by atoms with Crippen LogP contribution in [-0.4, -0.2) is 56.9 Å². The van der Waals surface area contributed by atoms with Gasteiger partial charge in [-0.2, -0.15) is 0 Å². The number of benzene rings is 2. The number of amides is 2. The highest BCUT2D eigenvalue weighted by Gasteiger charge is 2.40. The summed E-state index contributed by atoms with van der Waals surface area (Å²) in [6.45, 7) is 9.42. The molecule has 1 unspecified atom stereocenters. The first kappa shape index (κ1) is 26.0. The third-order valence-electron chi connectivity index (χ3n) is 7.46. The third-order valence-corrected chi connectivity index (χ3v) is 7.46. The van der Waals surface area contributed by atoms with Gasteiger partial charge in [0.2, 0.25) is 11.8 Å². The second-order valence-electron chi connectivity index (χ2n) is 11.4. The van der Waals surface area contributed by atoms with Crippen molar-refractivity contribution in [1.29, 1.82) is 0 Å². The van der Waals surface area contributed by atoms with Gasteiger partial charge in [-0.05, 0) is 75.8 Å². The zero-order valence-electron chi connectivity index (χ0n) is 22.8. The van der Waals surface area contributed by atoms with Crippen LogP contribution >= 0.6 is 0 Å². The average molecular weight is 516 g/mol. The molecule has 0 aliphatic carbocycles. The third kappa shape index (κ3) is 5.06. The lowest BCUT2D eigenvalue weighted by Crippen LogP contribution is -2.60. The Balaban J connectivity index is 1.48. The van der Waals surface area contributed by atoms with Crippen molar-refractivity contribution in [2.75, 3.05) is 13.1 Å². The number of aryl methyl sites for hydroxylation is 1. The topological polar surface area (TPSA) is 71.8 Å². The molecule has 2 aliphatic rings. The molecule has 1 fully saturated rings. The van der Waals surface area contributed by atoms with Gasteiger partial charge in [0.05, 0.1) is 18.7 Å². The van der Waals surface area contributed by atoms with E-state index in [0.29, 0.717) is 31.6 Å². The minimum absolute atomic E-state index is 0.0226. The first-order valence-corrected chi connectivity index (χ1v) is 13.7. The molecule has 1 saturated heterocycles. The molecule has 0 bridgehead atoms. The van der Waals surface area contributed by atoms with E-state index in [1.807, 2.05) is 62.9 Å². The number of esters is 1. The zero-order chi connectivity index (χ0) is 27.0. The molecular formula is C31H37N3O4. The summed E-state index contributed by atoms with van der Waals surface area (Å²) in [5, 5.41) is 1.20. The summed E-state index contributed by atoms with van der Waals surface area (Å²) in [5.41, 5.74) is 4.51. The van der Waals surface area contributed by atoms with Gasteiger partial charge < -0.3 is 19.1 Å². The van der Waals surface area contributed by atoms with Crippen molar-refractivity contribution in [3.63, 3.8) is 0 Å². The van der Waals surface area contributed by atoms with Crippen LogP contribution in [0.25, 0.3) is 10.9 Å². The molecule has 0 saturated carbocycles. The number of fused-ring (bicyclic) bond motifs is 4. The molecule has 5 rings (SSSR count). The molecule has 200 valence electrons. The van der Waals surface area contributed by atoms with Crippen LogP contribution in [0.5, 0.6) is 0 Å². The fourth-order valence-electron chi connectivity index (χ4n) is 5.75. The lowest BCUT2D eigenvalue weighted by molar-refractivity contribution is -0.157. The maximum atomic E-state index is 13.3. The summed E-state index contributed by atoms with van der Waals surface area (Å²) in [4.78, 5) is 42.6. The fraction of sp³-hybridized carbons (Fsp3) is 0.452. The molecule has 7 heteroatoms. The molecule has 1 atom stereocenters. The summed E-state index contributed by atoms with van der Waals surface area (Å²) in [6, 6.07) is 15.5. The van der Waals surface area contributed by atoms with Crippen LogP contribution in [0.1, 0.15) is 74.1 Å². The van der Waals surface area contributed by atoms with Crippen LogP contribution < -0.4 is 0 Å². The Morgan fingerprint density at radius 2 is 1.76 bits per heavy atom. The van der Waals surface area contributed by atoms with Crippen LogP contribution in [0.2, 0.25) is 0 Å². The summed E-state index contributed by atoms with van der Waals surface area (Å²) in [7, 11) is 0. The highest BCUT2D eigenvalue weighted by Crippen LogP contribution is 2.34. The van der Waals surface area contributed by atoms with Gasteiger partial charge in [-0.3, -0.25) is 9.59 Å². The van der Waals surface area contributed by atoms with Crippen molar-refractivity contribution in [1.82, 2.24) is 14.4 Å². The minimum atomic E-state index is -0.547. The second-order valence-corrected chi connectivity index (χ2v) is 11.4. The molecule has 2 amide bonds. The molecule has 2 aliphatic heterocycles. The minimum Gasteiger partial charge on any atom is -0.456 e. The van der Waals surface area contributed by atoms with Crippen LogP contribution in [0.15, 0.2) is 48.5 Å². The Kier molecular flexibility index (Phi) is 7.03. The van der Waals surface area contributed by atoms with Gasteiger partial charge in [-0.15, -0.1) is 0 Å². The predicted octanol–water partition coefficient (Wildman–Crippen LogP) is 4.93. The quantitative estimate of drug-likeness (QED) is 0.452. The number of aromatic nitrogens is 1. The SMILES string of the molecule is CCCN1CC(=O)N2Cc3c(c4ccccc4n3Cc3ccc(C(=O)OC(C)(C)C)cc3)CCCC2C1=O. The van der Waals surface area contributed by atoms with Crippen molar-refractivity contribution in [3.05, 3.63) is 70.9 Å². The molecule has 0 N–H and O–H groups in total. The van der Waals surface area contributed by atoms with E-state index in [0.717, 1.165) is 36.0 Å². The number of para-hydroxylation sites is 1. The molecule has 3 heterocycles. The number of hydrogen-bond donors (Lipinski definition) is 0. The summed E-state index contributed by atoms with van der Waals surface area (Å²) in [5.74, 6) is -0.235. The maximum absolute atomic E-state index is 13.3. The maximum Gasteiger partial charge on any atom is 0.338 e. The summed E-state index contributed by atoms with van der Waals surface area (Å²) >= 11 is 0. The van der Waals surface area contributed by atoms with Gasteiger partial charge in [0, 0.05) is 29.7 Å². The first-order chi connectivity index (χ1) is 18.2. The number of rotatable bonds is 5. The van der Waals surface area contributed by atoms with Crippen LogP contribution in [0, 0.1) is 0 Å². The first-order valence-electron chi connectivity index (χ1n) is 13.7. The Labute approximate surface area is 224 Å². The van der Waals surface area contributed by atoms with E-state index in [1.165, 1.54) is 10.9 Å². The van der Waals surface area contributed by atoms with Gasteiger partial charge in [0.15, 0.2) is 0 Å². The van der Waals surface area contributed by atoms with Crippen LogP contribution in [-0.2, 0) is 33.8 Å². The van der Waals surface area contributed by atoms with Crippen molar-refractivity contribution in [3.8, 4) is 0 Å². The molecule has 7 nitrogen and oxygen atoms in total. The number of nitrogens with zero attached hydrogens (tertiary/aromatic N) is 3. The van der Waals surface area contributed by atoms with Crippen molar-refractivity contribution in [2.24, 2.45) is 0 Å². The van der Waals surface area contributed by atoms with Crippen LogP contribution in [0.3, 0.4) is 0 Å². The molecular weight excluding hydrogens is 478 g/mol. The van der Waals surface area contributed by atoms with Crippen molar-refractivity contribution < 1.29 is 19.1 Å². The fourth-order valence-corrected chi connectivity index (χ4v) is 5.75. The van der Waals surface area contributed by atoms with E-state index in [-0.39, 0.29) is 24.3 Å². The largest absolute Gasteiger partial charge is 0.456 e. The average Bonchev–Trinajstić information content (AvgIpc) is 3.13. The second kappa shape index (κ2) is 10.3. The van der Waals surface area contributed by atoms with E-state index < -0.39 is 11.6 Å². The number of hydrogen-bond acceptors (Lipinski definition) is 4. The van der Waals surface area contributed by atoms with E-state index in [9.17, 15) is 14.4 Å². The number of ether oxygens (including phenoxy) is 1. The molecule has 1 aromatic heterocycles. The number of carbonyl (C=O) groups excluding carboxylic acids is 3. The molecule has 2 aromatic carbocycles. The Morgan fingerprint density at radius 3 is 2.47 bits per heavy atom. The van der Waals surface area contributed by atoms with E-state index in [4.69, 9.17) is 4.74 Å². The Morgan fingerprint density at radius 1 is 1.03 bits per heavy atom. The molecule has 0 spiro atoms. The molecule has 3 aromatic rings. The smallest absolute Gasteiger partial charge is 0.338 e. The highest BCUT2D eigenvalue weighted by atomic mass is 16.6. The van der Waals surface area contributed by atoms with Gasteiger partial charge >= 0.3 is 5.97 Å². The van der Waals surface area contributed by atoms with Crippen molar-refractivity contribution >= 4 is 28.7 Å². The van der Waals surface area contributed by atoms with Gasteiger partial charge in [0.1, 0.15) is 11.6 Å². The normalized spacial score (nSPS) is 18.2.